The zero-order valence-corrected chi connectivity index (χ0v) is 10.7. The Morgan fingerprint density at radius 3 is 2.50 bits per heavy atom. The average molecular weight is 249 g/mol. The highest BCUT2D eigenvalue weighted by Gasteiger charge is 2.22. The lowest BCUT2D eigenvalue weighted by Gasteiger charge is -2.17. The third-order valence-corrected chi connectivity index (χ3v) is 2.84. The van der Waals surface area contributed by atoms with E-state index in [4.69, 9.17) is 9.84 Å². The molecule has 1 amide bonds. The van der Waals surface area contributed by atoms with Gasteiger partial charge in [0.25, 0.3) is 0 Å². The van der Waals surface area contributed by atoms with E-state index in [-0.39, 0.29) is 17.6 Å². The molecule has 0 aliphatic carbocycles. The van der Waals surface area contributed by atoms with E-state index in [0.717, 1.165) is 5.75 Å². The van der Waals surface area contributed by atoms with Crippen LogP contribution in [0.2, 0.25) is 0 Å². The van der Waals surface area contributed by atoms with Crippen molar-refractivity contribution in [1.29, 1.82) is 0 Å². The molecule has 16 heavy (non-hydrogen) atoms. The minimum Gasteiger partial charge on any atom is -0.480 e. The maximum Gasteiger partial charge on any atom is 0.326 e. The SMILES string of the molecule is COCCSCC(=O)NC(C(=O)O)C(C)C. The van der Waals surface area contributed by atoms with Gasteiger partial charge in [-0.2, -0.15) is 0 Å². The number of ether oxygens (including phenoxy) is 1. The lowest BCUT2D eigenvalue weighted by Crippen LogP contribution is -2.45. The number of hydrogen-bond acceptors (Lipinski definition) is 4. The van der Waals surface area contributed by atoms with E-state index in [0.29, 0.717) is 6.61 Å². The molecule has 0 aliphatic heterocycles. The maximum atomic E-state index is 11.4. The van der Waals surface area contributed by atoms with Crippen LogP contribution in [0.15, 0.2) is 0 Å². The van der Waals surface area contributed by atoms with Crippen LogP contribution in [0.25, 0.3) is 0 Å². The van der Waals surface area contributed by atoms with Crippen molar-refractivity contribution in [2.24, 2.45) is 5.92 Å². The summed E-state index contributed by atoms with van der Waals surface area (Å²) in [5.74, 6) is -0.374. The van der Waals surface area contributed by atoms with Gasteiger partial charge in [0.2, 0.25) is 5.91 Å². The summed E-state index contributed by atoms with van der Waals surface area (Å²) in [4.78, 5) is 22.2. The minimum atomic E-state index is -0.995. The Morgan fingerprint density at radius 1 is 1.44 bits per heavy atom. The fourth-order valence-corrected chi connectivity index (χ4v) is 1.73. The highest BCUT2D eigenvalue weighted by molar-refractivity contribution is 7.99. The Kier molecular flexibility index (Phi) is 8.01. The standard InChI is InChI=1S/C10H19NO4S/c1-7(2)9(10(13)14)11-8(12)6-16-5-4-15-3/h7,9H,4-6H2,1-3H3,(H,11,12)(H,13,14). The Labute approximate surface area is 99.9 Å². The van der Waals surface area contributed by atoms with Gasteiger partial charge < -0.3 is 15.2 Å². The molecule has 0 radical (unpaired) electrons. The average Bonchev–Trinajstić information content (AvgIpc) is 2.20. The number of methoxy groups -OCH3 is 1. The van der Waals surface area contributed by atoms with Gasteiger partial charge in [-0.15, -0.1) is 11.8 Å². The van der Waals surface area contributed by atoms with Crippen LogP contribution in [-0.4, -0.2) is 48.2 Å². The van der Waals surface area contributed by atoms with Crippen molar-refractivity contribution in [2.45, 2.75) is 19.9 Å². The molecule has 2 N–H and O–H groups in total. The number of hydrogen-bond donors (Lipinski definition) is 2. The van der Waals surface area contributed by atoms with Gasteiger partial charge in [0.1, 0.15) is 6.04 Å². The van der Waals surface area contributed by atoms with Gasteiger partial charge in [-0.3, -0.25) is 4.79 Å². The molecule has 0 aromatic heterocycles. The van der Waals surface area contributed by atoms with E-state index in [1.165, 1.54) is 11.8 Å². The summed E-state index contributed by atoms with van der Waals surface area (Å²) in [6.45, 7) is 4.11. The van der Waals surface area contributed by atoms with Crippen molar-refractivity contribution in [2.75, 3.05) is 25.2 Å². The van der Waals surface area contributed by atoms with Crippen molar-refractivity contribution < 1.29 is 19.4 Å². The minimum absolute atomic E-state index is 0.120. The van der Waals surface area contributed by atoms with Crippen LogP contribution in [-0.2, 0) is 14.3 Å². The molecular formula is C10H19NO4S. The third kappa shape index (κ3) is 6.68. The van der Waals surface area contributed by atoms with Crippen molar-refractivity contribution in [1.82, 2.24) is 5.32 Å². The first-order valence-electron chi connectivity index (χ1n) is 5.08. The first kappa shape index (κ1) is 15.2. The lowest BCUT2D eigenvalue weighted by atomic mass is 10.1. The van der Waals surface area contributed by atoms with E-state index in [9.17, 15) is 9.59 Å². The predicted molar refractivity (Wildman–Crippen MR) is 63.6 cm³/mol. The summed E-state index contributed by atoms with van der Waals surface area (Å²) in [6, 6.07) is -0.810. The van der Waals surface area contributed by atoms with Gasteiger partial charge in [-0.05, 0) is 5.92 Å². The number of carbonyl (C=O) groups is 2. The predicted octanol–water partition coefficient (Wildman–Crippen LogP) is 0.591. The molecule has 0 spiro atoms. The Balaban J connectivity index is 3.87. The van der Waals surface area contributed by atoms with E-state index in [1.807, 2.05) is 0 Å². The quantitative estimate of drug-likeness (QED) is 0.616. The fraction of sp³-hybridized carbons (Fsp3) is 0.800. The molecule has 0 heterocycles. The van der Waals surface area contributed by atoms with Crippen molar-refractivity contribution in [3.63, 3.8) is 0 Å². The lowest BCUT2D eigenvalue weighted by molar-refractivity contribution is -0.142. The maximum absolute atomic E-state index is 11.4. The van der Waals surface area contributed by atoms with E-state index < -0.39 is 12.0 Å². The molecule has 0 saturated carbocycles. The molecule has 0 rings (SSSR count). The Bertz CT molecular complexity index is 233. The highest BCUT2D eigenvalue weighted by atomic mass is 32.2. The molecule has 5 nitrogen and oxygen atoms in total. The summed E-state index contributed by atoms with van der Waals surface area (Å²) in [5.41, 5.74) is 0. The van der Waals surface area contributed by atoms with Gasteiger partial charge in [0.15, 0.2) is 0 Å². The molecule has 0 aliphatic rings. The van der Waals surface area contributed by atoms with Crippen LogP contribution in [0.3, 0.4) is 0 Å². The van der Waals surface area contributed by atoms with Crippen molar-refractivity contribution >= 4 is 23.6 Å². The first-order valence-corrected chi connectivity index (χ1v) is 6.23. The number of aliphatic carboxylic acids is 1. The van der Waals surface area contributed by atoms with Gasteiger partial charge in [-0.1, -0.05) is 13.8 Å². The van der Waals surface area contributed by atoms with Crippen LogP contribution in [0.5, 0.6) is 0 Å². The fourth-order valence-electron chi connectivity index (χ4n) is 1.04. The second-order valence-electron chi connectivity index (χ2n) is 3.67. The highest BCUT2D eigenvalue weighted by Crippen LogP contribution is 2.04. The molecule has 1 unspecified atom stereocenters. The molecule has 0 aromatic rings. The molecule has 94 valence electrons. The molecule has 1 atom stereocenters. The van der Waals surface area contributed by atoms with Crippen LogP contribution >= 0.6 is 11.8 Å². The number of thioether (sulfide) groups is 1. The largest absolute Gasteiger partial charge is 0.480 e. The normalized spacial score (nSPS) is 12.5. The second kappa shape index (κ2) is 8.41. The number of carboxylic acids is 1. The topological polar surface area (TPSA) is 75.6 Å². The molecule has 0 aromatic carbocycles. The van der Waals surface area contributed by atoms with Crippen LogP contribution in [0, 0.1) is 5.92 Å². The van der Waals surface area contributed by atoms with Crippen molar-refractivity contribution in [3.05, 3.63) is 0 Å². The van der Waals surface area contributed by atoms with Crippen LogP contribution in [0.4, 0.5) is 0 Å². The smallest absolute Gasteiger partial charge is 0.326 e. The van der Waals surface area contributed by atoms with E-state index in [2.05, 4.69) is 5.32 Å². The summed E-state index contributed by atoms with van der Waals surface area (Å²) in [5, 5.41) is 11.4. The number of carboxylic acid groups (broad SMARTS) is 1. The monoisotopic (exact) mass is 249 g/mol. The molecule has 6 heteroatoms. The van der Waals surface area contributed by atoms with Gasteiger partial charge in [-0.25, -0.2) is 4.79 Å². The third-order valence-electron chi connectivity index (χ3n) is 1.91. The summed E-state index contributed by atoms with van der Waals surface area (Å²) in [6.07, 6.45) is 0. The summed E-state index contributed by atoms with van der Waals surface area (Å²) in [7, 11) is 1.60. The number of carbonyl (C=O) groups excluding carboxylic acids is 1. The number of amides is 1. The molecule has 0 saturated heterocycles. The van der Waals surface area contributed by atoms with Gasteiger partial charge in [0, 0.05) is 12.9 Å². The zero-order chi connectivity index (χ0) is 12.6. The second-order valence-corrected chi connectivity index (χ2v) is 4.78. The first-order chi connectivity index (χ1) is 7.49. The summed E-state index contributed by atoms with van der Waals surface area (Å²) >= 11 is 1.42. The van der Waals surface area contributed by atoms with Crippen LogP contribution in [0.1, 0.15) is 13.8 Å². The molecule has 0 bridgehead atoms. The van der Waals surface area contributed by atoms with Crippen LogP contribution < -0.4 is 5.32 Å². The zero-order valence-electron chi connectivity index (χ0n) is 9.86. The number of rotatable bonds is 8. The summed E-state index contributed by atoms with van der Waals surface area (Å²) < 4.78 is 4.83. The van der Waals surface area contributed by atoms with Gasteiger partial charge in [0.05, 0.1) is 12.4 Å². The Hall–Kier alpha value is -0.750. The van der Waals surface area contributed by atoms with E-state index in [1.54, 1.807) is 21.0 Å². The van der Waals surface area contributed by atoms with Gasteiger partial charge >= 0.3 is 5.97 Å². The number of nitrogens with one attached hydrogen (secondary N) is 1. The Morgan fingerprint density at radius 2 is 2.06 bits per heavy atom. The van der Waals surface area contributed by atoms with E-state index >= 15 is 0 Å². The molecular weight excluding hydrogens is 230 g/mol. The molecule has 0 fully saturated rings. The van der Waals surface area contributed by atoms with Crippen molar-refractivity contribution in [3.8, 4) is 0 Å².